The number of amides is 2. The number of rotatable bonds is 8. The average molecular weight is 405 g/mol. The largest absolute Gasteiger partial charge is 0.494 e. The summed E-state index contributed by atoms with van der Waals surface area (Å²) in [4.78, 5) is 35.0. The number of aryl methyl sites for hydroxylation is 1. The van der Waals surface area contributed by atoms with Gasteiger partial charge in [-0.1, -0.05) is 29.8 Å². The molecule has 0 unspecified atom stereocenters. The second kappa shape index (κ2) is 10.9. The Morgan fingerprint density at radius 2 is 1.79 bits per heavy atom. The maximum Gasteiger partial charge on any atom is 0.306 e. The van der Waals surface area contributed by atoms with E-state index in [-0.39, 0.29) is 6.42 Å². The molecule has 28 heavy (non-hydrogen) atoms. The van der Waals surface area contributed by atoms with E-state index >= 15 is 0 Å². The van der Waals surface area contributed by atoms with Gasteiger partial charge in [0.15, 0.2) is 6.61 Å². The lowest BCUT2D eigenvalue weighted by Gasteiger charge is -2.09. The number of halogens is 1. The molecule has 2 N–H and O–H groups in total. The molecule has 8 heteroatoms. The molecule has 0 aliphatic carbocycles. The maximum atomic E-state index is 11.8. The van der Waals surface area contributed by atoms with E-state index in [0.29, 0.717) is 29.4 Å². The van der Waals surface area contributed by atoms with Gasteiger partial charge in [0, 0.05) is 17.0 Å². The molecule has 2 rings (SSSR count). The second-order valence-electron chi connectivity index (χ2n) is 5.89. The van der Waals surface area contributed by atoms with Gasteiger partial charge in [-0.15, -0.1) is 0 Å². The minimum atomic E-state index is -0.634. The fourth-order valence-electron chi connectivity index (χ4n) is 2.16. The summed E-state index contributed by atoms with van der Waals surface area (Å²) >= 11 is 5.94. The molecule has 2 amide bonds. The van der Waals surface area contributed by atoms with Crippen LogP contribution in [-0.4, -0.2) is 31.0 Å². The molecule has 0 aliphatic heterocycles. The zero-order valence-corrected chi connectivity index (χ0v) is 16.1. The third kappa shape index (κ3) is 7.28. The fraction of sp³-hybridized carbons (Fsp3) is 0.250. The van der Waals surface area contributed by atoms with E-state index in [4.69, 9.17) is 21.1 Å². The first-order chi connectivity index (χ1) is 13.5. The summed E-state index contributed by atoms with van der Waals surface area (Å²) in [7, 11) is 0. The first-order valence-electron chi connectivity index (χ1n) is 8.64. The third-order valence-corrected chi connectivity index (χ3v) is 4.06. The van der Waals surface area contributed by atoms with Gasteiger partial charge in [-0.2, -0.15) is 0 Å². The molecule has 0 saturated carbocycles. The van der Waals surface area contributed by atoms with Crippen LogP contribution in [0.2, 0.25) is 5.02 Å². The number of benzene rings is 2. The zero-order valence-electron chi connectivity index (χ0n) is 15.4. The molecule has 0 aromatic heterocycles. The Labute approximate surface area is 167 Å². The predicted octanol–water partition coefficient (Wildman–Crippen LogP) is 2.81. The highest BCUT2D eigenvalue weighted by atomic mass is 35.5. The van der Waals surface area contributed by atoms with Crippen molar-refractivity contribution >= 4 is 29.4 Å². The molecular weight excluding hydrogens is 384 g/mol. The molecule has 0 heterocycles. The van der Waals surface area contributed by atoms with Crippen molar-refractivity contribution in [3.8, 4) is 5.75 Å². The normalized spacial score (nSPS) is 10.1. The summed E-state index contributed by atoms with van der Waals surface area (Å²) < 4.78 is 10.4. The van der Waals surface area contributed by atoms with Crippen LogP contribution in [0.1, 0.15) is 28.8 Å². The van der Waals surface area contributed by atoms with Crippen molar-refractivity contribution in [3.63, 3.8) is 0 Å². The van der Waals surface area contributed by atoms with Gasteiger partial charge in [0.25, 0.3) is 11.8 Å². The molecule has 0 atom stereocenters. The van der Waals surface area contributed by atoms with E-state index in [9.17, 15) is 14.4 Å². The Morgan fingerprint density at radius 1 is 1.04 bits per heavy atom. The van der Waals surface area contributed by atoms with Crippen molar-refractivity contribution in [2.45, 2.75) is 19.8 Å². The van der Waals surface area contributed by atoms with Crippen molar-refractivity contribution in [1.29, 1.82) is 0 Å². The lowest BCUT2D eigenvalue weighted by Crippen LogP contribution is -2.43. The van der Waals surface area contributed by atoms with Gasteiger partial charge >= 0.3 is 5.97 Å². The molecule has 0 fully saturated rings. The molecule has 0 aliphatic rings. The number of ether oxygens (including phenoxy) is 2. The number of carbonyl (C=O) groups is 3. The number of hydrogen-bond acceptors (Lipinski definition) is 5. The highest BCUT2D eigenvalue weighted by Gasteiger charge is 2.10. The fourth-order valence-corrected chi connectivity index (χ4v) is 2.27. The summed E-state index contributed by atoms with van der Waals surface area (Å²) in [6.07, 6.45) is 0.545. The van der Waals surface area contributed by atoms with Crippen LogP contribution in [0.25, 0.3) is 0 Å². The van der Waals surface area contributed by atoms with Gasteiger partial charge in [0.1, 0.15) is 5.75 Å². The Bertz CT molecular complexity index is 827. The lowest BCUT2D eigenvalue weighted by atomic mass is 10.2. The zero-order chi connectivity index (χ0) is 20.4. The first-order valence-corrected chi connectivity index (χ1v) is 9.02. The van der Waals surface area contributed by atoms with Gasteiger partial charge in [0.05, 0.1) is 6.61 Å². The van der Waals surface area contributed by atoms with Crippen LogP contribution in [0, 0.1) is 6.92 Å². The van der Waals surface area contributed by atoms with Crippen LogP contribution in [0.15, 0.2) is 48.5 Å². The summed E-state index contributed by atoms with van der Waals surface area (Å²) in [5, 5.41) is 0.661. The smallest absolute Gasteiger partial charge is 0.306 e. The number of hydrogen-bond donors (Lipinski definition) is 2. The Morgan fingerprint density at radius 3 is 2.50 bits per heavy atom. The van der Waals surface area contributed by atoms with E-state index in [0.717, 1.165) is 5.56 Å². The van der Waals surface area contributed by atoms with Crippen LogP contribution >= 0.6 is 11.6 Å². The van der Waals surface area contributed by atoms with Crippen molar-refractivity contribution in [2.75, 3.05) is 13.2 Å². The Kier molecular flexibility index (Phi) is 8.30. The molecule has 2 aromatic rings. The molecule has 0 saturated heterocycles. The van der Waals surface area contributed by atoms with Crippen LogP contribution in [0.3, 0.4) is 0 Å². The summed E-state index contributed by atoms with van der Waals surface area (Å²) in [5.74, 6) is -0.954. The summed E-state index contributed by atoms with van der Waals surface area (Å²) in [6.45, 7) is 1.72. The molecular formula is C20H21ClN2O5. The second-order valence-corrected chi connectivity index (χ2v) is 6.30. The van der Waals surface area contributed by atoms with E-state index in [1.807, 2.05) is 13.0 Å². The van der Waals surface area contributed by atoms with Gasteiger partial charge in [0.2, 0.25) is 0 Å². The van der Waals surface area contributed by atoms with Gasteiger partial charge in [-0.3, -0.25) is 25.2 Å². The summed E-state index contributed by atoms with van der Waals surface area (Å²) in [5.41, 5.74) is 5.73. The molecule has 2 aromatic carbocycles. The highest BCUT2D eigenvalue weighted by molar-refractivity contribution is 6.31. The number of nitrogens with one attached hydrogen (secondary N) is 2. The first kappa shape index (κ1) is 21.2. The van der Waals surface area contributed by atoms with E-state index in [1.54, 1.807) is 42.5 Å². The van der Waals surface area contributed by atoms with Crippen LogP contribution < -0.4 is 15.6 Å². The van der Waals surface area contributed by atoms with E-state index < -0.39 is 24.4 Å². The Hall–Kier alpha value is -3.06. The highest BCUT2D eigenvalue weighted by Crippen LogP contribution is 2.21. The van der Waals surface area contributed by atoms with E-state index in [1.165, 1.54) is 0 Å². The number of esters is 1. The molecule has 0 bridgehead atoms. The molecule has 7 nitrogen and oxygen atoms in total. The van der Waals surface area contributed by atoms with Crippen molar-refractivity contribution in [2.24, 2.45) is 0 Å². The van der Waals surface area contributed by atoms with Crippen molar-refractivity contribution < 1.29 is 23.9 Å². The predicted molar refractivity (Wildman–Crippen MR) is 104 cm³/mol. The maximum absolute atomic E-state index is 11.8. The monoisotopic (exact) mass is 404 g/mol. The number of carbonyl (C=O) groups excluding carboxylic acids is 3. The average Bonchev–Trinajstić information content (AvgIpc) is 2.71. The van der Waals surface area contributed by atoms with Gasteiger partial charge in [-0.05, 0) is 49.2 Å². The van der Waals surface area contributed by atoms with Crippen molar-refractivity contribution in [3.05, 3.63) is 64.7 Å². The topological polar surface area (TPSA) is 93.7 Å². The number of hydrazine groups is 1. The van der Waals surface area contributed by atoms with E-state index in [2.05, 4.69) is 10.9 Å². The molecule has 0 radical (unpaired) electrons. The SMILES string of the molecule is Cc1cc(OCCCC(=O)OCC(=O)NNC(=O)c2ccccc2)ccc1Cl. The minimum absolute atomic E-state index is 0.107. The van der Waals surface area contributed by atoms with Crippen molar-refractivity contribution in [1.82, 2.24) is 10.9 Å². The Balaban J connectivity index is 1.58. The molecule has 0 spiro atoms. The van der Waals surface area contributed by atoms with Crippen LogP contribution in [0.4, 0.5) is 0 Å². The van der Waals surface area contributed by atoms with Crippen LogP contribution in [0.5, 0.6) is 5.75 Å². The van der Waals surface area contributed by atoms with Gasteiger partial charge in [-0.25, -0.2) is 0 Å². The third-order valence-electron chi connectivity index (χ3n) is 3.64. The summed E-state index contributed by atoms with van der Waals surface area (Å²) in [6, 6.07) is 13.7. The lowest BCUT2D eigenvalue weighted by molar-refractivity contribution is -0.148. The standard InChI is InChI=1S/C20H21ClN2O5/c1-14-12-16(9-10-17(14)21)27-11-5-8-19(25)28-13-18(24)22-23-20(26)15-6-3-2-4-7-15/h2-4,6-7,9-10,12H,5,8,11,13H2,1H3,(H,22,24)(H,23,26). The quantitative estimate of drug-likeness (QED) is 0.401. The van der Waals surface area contributed by atoms with Crippen LogP contribution in [-0.2, 0) is 14.3 Å². The molecule has 148 valence electrons. The minimum Gasteiger partial charge on any atom is -0.494 e. The van der Waals surface area contributed by atoms with Gasteiger partial charge < -0.3 is 9.47 Å².